The Kier molecular flexibility index (Phi) is 7.09. The molecular weight excluding hydrogens is 499 g/mol. The highest BCUT2D eigenvalue weighted by molar-refractivity contribution is 5.83. The summed E-state index contributed by atoms with van der Waals surface area (Å²) in [6.07, 6.45) is 3.02. The highest BCUT2D eigenvalue weighted by atomic mass is 19.1. The number of ether oxygens (including phenoxy) is 2. The van der Waals surface area contributed by atoms with Crippen molar-refractivity contribution in [2.45, 2.75) is 6.54 Å². The Morgan fingerprint density at radius 3 is 2.51 bits per heavy atom. The van der Waals surface area contributed by atoms with Crippen molar-refractivity contribution >= 4 is 22.7 Å². The van der Waals surface area contributed by atoms with Crippen LogP contribution in [0.3, 0.4) is 0 Å². The first-order valence-electron chi connectivity index (χ1n) is 12.2. The van der Waals surface area contributed by atoms with Gasteiger partial charge in [-0.3, -0.25) is 9.36 Å². The Bertz CT molecular complexity index is 1700. The van der Waals surface area contributed by atoms with Crippen molar-refractivity contribution in [1.82, 2.24) is 19.5 Å². The molecule has 9 nitrogen and oxygen atoms in total. The third-order valence-corrected chi connectivity index (χ3v) is 6.18. The number of hydrogen-bond donors (Lipinski definition) is 1. The number of pyridine rings is 2. The van der Waals surface area contributed by atoms with E-state index in [9.17, 15) is 4.79 Å². The van der Waals surface area contributed by atoms with Crippen LogP contribution in [-0.4, -0.2) is 40.7 Å². The Morgan fingerprint density at radius 1 is 1.00 bits per heavy atom. The van der Waals surface area contributed by atoms with Gasteiger partial charge in [0, 0.05) is 51.5 Å². The van der Waals surface area contributed by atoms with Crippen LogP contribution in [0.1, 0.15) is 5.56 Å². The lowest BCUT2D eigenvalue weighted by Crippen LogP contribution is -2.27. The lowest BCUT2D eigenvalue weighted by Gasteiger charge is -2.15. The molecule has 0 atom stereocenters. The average molecular weight is 527 g/mol. The second-order valence-corrected chi connectivity index (χ2v) is 9.06. The standard InChI is InChI=1S/C29H27FN6O3/c1-35(2)29-33-17-22(28(37)36(29)3)24-11-7-19-15-21(10-12-23(19)34-24)39-25-13-14-31-27(26(25)30)32-16-18-5-8-20(38-4)9-6-18/h5-15,17H,16H2,1-4H3,(H,31,32). The van der Waals surface area contributed by atoms with Crippen LogP contribution >= 0.6 is 0 Å². The van der Waals surface area contributed by atoms with E-state index in [0.29, 0.717) is 35.0 Å². The summed E-state index contributed by atoms with van der Waals surface area (Å²) in [5.41, 5.74) is 2.34. The number of nitrogens with zero attached hydrogens (tertiary/aromatic N) is 5. The van der Waals surface area contributed by atoms with Gasteiger partial charge in [-0.05, 0) is 42.0 Å². The van der Waals surface area contributed by atoms with Crippen molar-refractivity contribution in [1.29, 1.82) is 0 Å². The molecule has 0 saturated carbocycles. The highest BCUT2D eigenvalue weighted by Gasteiger charge is 2.14. The van der Waals surface area contributed by atoms with E-state index < -0.39 is 5.82 Å². The topological polar surface area (TPSA) is 94.4 Å². The minimum atomic E-state index is -0.593. The van der Waals surface area contributed by atoms with Gasteiger partial charge in [0.2, 0.25) is 11.8 Å². The van der Waals surface area contributed by atoms with Crippen LogP contribution in [0.4, 0.5) is 16.2 Å². The predicted octanol–water partition coefficient (Wildman–Crippen LogP) is 5.01. The number of hydrogen-bond acceptors (Lipinski definition) is 8. The van der Waals surface area contributed by atoms with Crippen molar-refractivity contribution in [3.63, 3.8) is 0 Å². The van der Waals surface area contributed by atoms with E-state index in [4.69, 9.17) is 9.47 Å². The lowest BCUT2D eigenvalue weighted by molar-refractivity contribution is 0.414. The van der Waals surface area contributed by atoms with Crippen LogP contribution in [0.15, 0.2) is 77.9 Å². The first-order chi connectivity index (χ1) is 18.8. The molecule has 2 aromatic carbocycles. The number of fused-ring (bicyclic) bond motifs is 1. The second-order valence-electron chi connectivity index (χ2n) is 9.06. The fraction of sp³-hybridized carbons (Fsp3) is 0.172. The van der Waals surface area contributed by atoms with E-state index >= 15 is 4.39 Å². The normalized spacial score (nSPS) is 10.9. The molecule has 0 bridgehead atoms. The summed E-state index contributed by atoms with van der Waals surface area (Å²) in [5.74, 6) is 1.28. The van der Waals surface area contributed by atoms with Gasteiger partial charge < -0.3 is 19.7 Å². The molecule has 198 valence electrons. The summed E-state index contributed by atoms with van der Waals surface area (Å²) in [6, 6.07) is 17.8. The molecule has 3 aromatic heterocycles. The first kappa shape index (κ1) is 25.7. The van der Waals surface area contributed by atoms with Crippen LogP contribution in [0, 0.1) is 5.82 Å². The smallest absolute Gasteiger partial charge is 0.264 e. The van der Waals surface area contributed by atoms with Gasteiger partial charge in [-0.1, -0.05) is 18.2 Å². The third kappa shape index (κ3) is 5.35. The summed E-state index contributed by atoms with van der Waals surface area (Å²) in [5, 5.41) is 3.79. The van der Waals surface area contributed by atoms with Gasteiger partial charge in [0.05, 0.1) is 23.9 Å². The molecule has 39 heavy (non-hydrogen) atoms. The highest BCUT2D eigenvalue weighted by Crippen LogP contribution is 2.30. The van der Waals surface area contributed by atoms with E-state index in [1.165, 1.54) is 23.0 Å². The molecule has 0 fully saturated rings. The van der Waals surface area contributed by atoms with Gasteiger partial charge >= 0.3 is 0 Å². The Balaban J connectivity index is 1.35. The molecule has 5 aromatic rings. The maximum atomic E-state index is 15.2. The van der Waals surface area contributed by atoms with Gasteiger partial charge in [0.1, 0.15) is 11.5 Å². The number of anilines is 2. The number of benzene rings is 2. The quantitative estimate of drug-likeness (QED) is 0.302. The van der Waals surface area contributed by atoms with Crippen LogP contribution in [0.2, 0.25) is 0 Å². The van der Waals surface area contributed by atoms with Gasteiger partial charge in [0.25, 0.3) is 5.56 Å². The molecule has 0 radical (unpaired) electrons. The van der Waals surface area contributed by atoms with Gasteiger partial charge in [0.15, 0.2) is 11.6 Å². The molecular formula is C29H27FN6O3. The van der Waals surface area contributed by atoms with E-state index in [1.807, 2.05) is 44.4 Å². The summed E-state index contributed by atoms with van der Waals surface area (Å²) in [4.78, 5) is 27.8. The van der Waals surface area contributed by atoms with Crippen LogP contribution in [-0.2, 0) is 13.6 Å². The van der Waals surface area contributed by atoms with E-state index in [-0.39, 0.29) is 17.1 Å². The van der Waals surface area contributed by atoms with E-state index in [0.717, 1.165) is 16.7 Å². The zero-order chi connectivity index (χ0) is 27.5. The zero-order valence-electron chi connectivity index (χ0n) is 22.0. The largest absolute Gasteiger partial charge is 0.497 e. The molecule has 0 unspecified atom stereocenters. The second kappa shape index (κ2) is 10.8. The van der Waals surface area contributed by atoms with Crippen LogP contribution in [0.5, 0.6) is 17.2 Å². The van der Waals surface area contributed by atoms with Crippen LogP contribution < -0.4 is 25.2 Å². The minimum absolute atomic E-state index is 0.0433. The van der Waals surface area contributed by atoms with Crippen molar-refractivity contribution in [2.24, 2.45) is 7.05 Å². The Morgan fingerprint density at radius 2 is 1.77 bits per heavy atom. The number of nitrogens with one attached hydrogen (secondary N) is 1. The fourth-order valence-electron chi connectivity index (χ4n) is 4.13. The Labute approximate surface area is 224 Å². The molecule has 0 spiro atoms. The van der Waals surface area contributed by atoms with Crippen molar-refractivity contribution in [2.75, 3.05) is 31.4 Å². The molecule has 0 aliphatic heterocycles. The zero-order valence-corrected chi connectivity index (χ0v) is 22.0. The fourth-order valence-corrected chi connectivity index (χ4v) is 4.13. The molecule has 1 N–H and O–H groups in total. The van der Waals surface area contributed by atoms with Crippen molar-refractivity contribution < 1.29 is 13.9 Å². The molecule has 0 aliphatic rings. The first-order valence-corrected chi connectivity index (χ1v) is 12.2. The number of halogens is 1. The van der Waals surface area contributed by atoms with Gasteiger partial charge in [-0.2, -0.15) is 4.39 Å². The number of rotatable bonds is 8. The molecule has 5 rings (SSSR count). The van der Waals surface area contributed by atoms with E-state index in [1.54, 1.807) is 43.3 Å². The van der Waals surface area contributed by atoms with Gasteiger partial charge in [-0.15, -0.1) is 0 Å². The van der Waals surface area contributed by atoms with Crippen LogP contribution in [0.25, 0.3) is 22.2 Å². The SMILES string of the molecule is COc1ccc(CNc2nccc(Oc3ccc4nc(-c5cnc(N(C)C)n(C)c5=O)ccc4c3)c2F)cc1. The molecule has 3 heterocycles. The van der Waals surface area contributed by atoms with E-state index in [2.05, 4.69) is 20.3 Å². The summed E-state index contributed by atoms with van der Waals surface area (Å²) < 4.78 is 27.7. The molecule has 0 saturated heterocycles. The summed E-state index contributed by atoms with van der Waals surface area (Å²) >= 11 is 0. The monoisotopic (exact) mass is 526 g/mol. The maximum Gasteiger partial charge on any atom is 0.264 e. The van der Waals surface area contributed by atoms with Gasteiger partial charge in [-0.25, -0.2) is 15.0 Å². The predicted molar refractivity (Wildman–Crippen MR) is 149 cm³/mol. The Hall–Kier alpha value is -4.99. The average Bonchev–Trinajstić information content (AvgIpc) is 2.94. The third-order valence-electron chi connectivity index (χ3n) is 6.18. The lowest BCUT2D eigenvalue weighted by atomic mass is 10.1. The maximum absolute atomic E-state index is 15.2. The summed E-state index contributed by atoms with van der Waals surface area (Å²) in [6.45, 7) is 0.387. The number of aromatic nitrogens is 4. The molecule has 10 heteroatoms. The van der Waals surface area contributed by atoms with Crippen molar-refractivity contribution in [3.8, 4) is 28.5 Å². The summed E-state index contributed by atoms with van der Waals surface area (Å²) in [7, 11) is 6.94. The number of methoxy groups -OCH3 is 1. The molecule has 0 aliphatic carbocycles. The van der Waals surface area contributed by atoms with Crippen molar-refractivity contribution in [3.05, 3.63) is 94.8 Å². The minimum Gasteiger partial charge on any atom is -0.497 e. The molecule has 0 amide bonds.